The van der Waals surface area contributed by atoms with Gasteiger partial charge in [0.25, 0.3) is 5.91 Å². The second-order valence-corrected chi connectivity index (χ2v) is 6.01. The molecule has 1 unspecified atom stereocenters. The molecule has 0 fully saturated rings. The fourth-order valence-corrected chi connectivity index (χ4v) is 2.04. The molecule has 1 aromatic rings. The second-order valence-electron chi connectivity index (χ2n) is 6.01. The summed E-state index contributed by atoms with van der Waals surface area (Å²) in [5, 5.41) is 9.40. The number of hydrogen-bond acceptors (Lipinski definition) is 3. The van der Waals surface area contributed by atoms with Crippen molar-refractivity contribution in [3.05, 3.63) is 24.2 Å². The van der Waals surface area contributed by atoms with Crippen LogP contribution in [0.5, 0.6) is 0 Å². The Morgan fingerprint density at radius 1 is 1.25 bits per heavy atom. The van der Waals surface area contributed by atoms with E-state index in [0.29, 0.717) is 30.8 Å². The zero-order chi connectivity index (χ0) is 17.1. The van der Waals surface area contributed by atoms with E-state index in [1.54, 1.807) is 12.1 Å². The van der Waals surface area contributed by atoms with Gasteiger partial charge in [0.15, 0.2) is 11.7 Å². The van der Waals surface area contributed by atoms with Gasteiger partial charge in [-0.3, -0.25) is 9.79 Å². The third kappa shape index (κ3) is 9.79. The highest BCUT2D eigenvalue weighted by molar-refractivity contribution is 14.0. The summed E-state index contributed by atoms with van der Waals surface area (Å²) >= 11 is 0. The van der Waals surface area contributed by atoms with Crippen LogP contribution in [0.1, 0.15) is 51.1 Å². The molecule has 7 heteroatoms. The SMILES string of the molecule is CCNC(=NCCNC(=O)c1ccco1)NC(C)CCC(C)C.I. The molecule has 24 heavy (non-hydrogen) atoms. The van der Waals surface area contributed by atoms with E-state index in [2.05, 4.69) is 41.7 Å². The van der Waals surface area contributed by atoms with E-state index >= 15 is 0 Å². The van der Waals surface area contributed by atoms with Crippen molar-refractivity contribution in [1.82, 2.24) is 16.0 Å². The highest BCUT2D eigenvalue weighted by atomic mass is 127. The molecule has 138 valence electrons. The van der Waals surface area contributed by atoms with Gasteiger partial charge in [-0.1, -0.05) is 13.8 Å². The number of amides is 1. The van der Waals surface area contributed by atoms with Crippen LogP contribution >= 0.6 is 24.0 Å². The van der Waals surface area contributed by atoms with Gasteiger partial charge in [0.1, 0.15) is 0 Å². The Morgan fingerprint density at radius 3 is 2.58 bits per heavy atom. The molecule has 1 aromatic heterocycles. The Labute approximate surface area is 162 Å². The molecule has 3 N–H and O–H groups in total. The maximum Gasteiger partial charge on any atom is 0.287 e. The molecule has 1 rings (SSSR count). The van der Waals surface area contributed by atoms with Crippen molar-refractivity contribution in [1.29, 1.82) is 0 Å². The van der Waals surface area contributed by atoms with Crippen LogP contribution in [-0.2, 0) is 0 Å². The highest BCUT2D eigenvalue weighted by Crippen LogP contribution is 2.06. The minimum Gasteiger partial charge on any atom is -0.459 e. The van der Waals surface area contributed by atoms with Gasteiger partial charge in [-0.15, -0.1) is 24.0 Å². The Bertz CT molecular complexity index is 475. The number of carbonyl (C=O) groups excluding carboxylic acids is 1. The van der Waals surface area contributed by atoms with E-state index in [4.69, 9.17) is 4.42 Å². The molecular formula is C17H31IN4O2. The molecule has 1 heterocycles. The zero-order valence-electron chi connectivity index (χ0n) is 15.1. The molecule has 0 spiro atoms. The number of halogens is 1. The minimum atomic E-state index is -0.214. The van der Waals surface area contributed by atoms with Crippen molar-refractivity contribution in [2.24, 2.45) is 10.9 Å². The fraction of sp³-hybridized carbons (Fsp3) is 0.647. The molecule has 0 saturated heterocycles. The molecule has 0 aliphatic rings. The van der Waals surface area contributed by atoms with Crippen molar-refractivity contribution in [2.45, 2.75) is 46.6 Å². The lowest BCUT2D eigenvalue weighted by Gasteiger charge is -2.18. The van der Waals surface area contributed by atoms with E-state index in [0.717, 1.165) is 18.9 Å². The monoisotopic (exact) mass is 450 g/mol. The zero-order valence-corrected chi connectivity index (χ0v) is 17.4. The summed E-state index contributed by atoms with van der Waals surface area (Å²) in [5.41, 5.74) is 0. The summed E-state index contributed by atoms with van der Waals surface area (Å²) in [6, 6.07) is 3.70. The van der Waals surface area contributed by atoms with Gasteiger partial charge in [-0.05, 0) is 44.7 Å². The van der Waals surface area contributed by atoms with E-state index in [9.17, 15) is 4.79 Å². The van der Waals surface area contributed by atoms with Gasteiger partial charge < -0.3 is 20.4 Å². The van der Waals surface area contributed by atoms with Crippen molar-refractivity contribution in [3.8, 4) is 0 Å². The van der Waals surface area contributed by atoms with E-state index < -0.39 is 0 Å². The topological polar surface area (TPSA) is 78.7 Å². The van der Waals surface area contributed by atoms with E-state index in [1.165, 1.54) is 12.7 Å². The largest absolute Gasteiger partial charge is 0.459 e. The third-order valence-electron chi connectivity index (χ3n) is 3.32. The van der Waals surface area contributed by atoms with Crippen LogP contribution in [0.4, 0.5) is 0 Å². The van der Waals surface area contributed by atoms with Crippen LogP contribution in [0.3, 0.4) is 0 Å². The summed E-state index contributed by atoms with van der Waals surface area (Å²) < 4.78 is 5.04. The highest BCUT2D eigenvalue weighted by Gasteiger charge is 2.08. The number of nitrogens with zero attached hydrogens (tertiary/aromatic N) is 1. The lowest BCUT2D eigenvalue weighted by molar-refractivity contribution is 0.0927. The van der Waals surface area contributed by atoms with Crippen LogP contribution in [0, 0.1) is 5.92 Å². The van der Waals surface area contributed by atoms with Gasteiger partial charge in [-0.25, -0.2) is 0 Å². The number of nitrogens with one attached hydrogen (secondary N) is 3. The number of guanidine groups is 1. The van der Waals surface area contributed by atoms with Crippen molar-refractivity contribution in [3.63, 3.8) is 0 Å². The normalized spacial score (nSPS) is 12.5. The average molecular weight is 450 g/mol. The molecule has 0 saturated carbocycles. The molecule has 0 aliphatic heterocycles. The molecular weight excluding hydrogens is 419 g/mol. The summed E-state index contributed by atoms with van der Waals surface area (Å²) in [4.78, 5) is 16.2. The number of furan rings is 1. The predicted octanol–water partition coefficient (Wildman–Crippen LogP) is 3.01. The summed E-state index contributed by atoms with van der Waals surface area (Å²) in [7, 11) is 0. The smallest absolute Gasteiger partial charge is 0.287 e. The first kappa shape index (κ1) is 22.8. The second kappa shape index (κ2) is 13.1. The Balaban J connectivity index is 0.00000529. The van der Waals surface area contributed by atoms with Crippen LogP contribution in [0.15, 0.2) is 27.8 Å². The number of aliphatic imine (C=N–C) groups is 1. The maximum absolute atomic E-state index is 11.7. The van der Waals surface area contributed by atoms with Gasteiger partial charge in [0.2, 0.25) is 0 Å². The van der Waals surface area contributed by atoms with Gasteiger partial charge in [0.05, 0.1) is 12.8 Å². The Morgan fingerprint density at radius 2 is 2.00 bits per heavy atom. The summed E-state index contributed by atoms with van der Waals surface area (Å²) in [6.07, 6.45) is 3.78. The van der Waals surface area contributed by atoms with Crippen LogP contribution in [0.2, 0.25) is 0 Å². The Kier molecular flexibility index (Phi) is 12.4. The Hall–Kier alpha value is -1.25. The van der Waals surface area contributed by atoms with E-state index in [1.807, 2.05) is 6.92 Å². The summed E-state index contributed by atoms with van der Waals surface area (Å²) in [5.74, 6) is 1.60. The number of hydrogen-bond donors (Lipinski definition) is 3. The molecule has 6 nitrogen and oxygen atoms in total. The molecule has 0 radical (unpaired) electrons. The van der Waals surface area contributed by atoms with Crippen molar-refractivity contribution in [2.75, 3.05) is 19.6 Å². The first-order valence-corrected chi connectivity index (χ1v) is 8.39. The summed E-state index contributed by atoms with van der Waals surface area (Å²) in [6.45, 7) is 10.4. The van der Waals surface area contributed by atoms with Gasteiger partial charge >= 0.3 is 0 Å². The lowest BCUT2D eigenvalue weighted by atomic mass is 10.0. The van der Waals surface area contributed by atoms with Crippen molar-refractivity contribution >= 4 is 35.8 Å². The lowest BCUT2D eigenvalue weighted by Crippen LogP contribution is -2.42. The maximum atomic E-state index is 11.7. The average Bonchev–Trinajstić information content (AvgIpc) is 3.03. The number of carbonyl (C=O) groups is 1. The molecule has 1 atom stereocenters. The van der Waals surface area contributed by atoms with Gasteiger partial charge in [-0.2, -0.15) is 0 Å². The standard InChI is InChI=1S/C17H30N4O2.HI/c1-5-18-17(21-14(4)9-8-13(2)3)20-11-10-19-16(22)15-7-6-12-23-15;/h6-7,12-14H,5,8-11H2,1-4H3,(H,19,22)(H2,18,20,21);1H. The minimum absolute atomic E-state index is 0. The molecule has 0 aliphatic carbocycles. The number of rotatable bonds is 9. The molecule has 0 aromatic carbocycles. The van der Waals surface area contributed by atoms with Gasteiger partial charge in [0, 0.05) is 19.1 Å². The quantitative estimate of drug-likeness (QED) is 0.234. The van der Waals surface area contributed by atoms with Crippen molar-refractivity contribution < 1.29 is 9.21 Å². The first-order chi connectivity index (χ1) is 11.0. The third-order valence-corrected chi connectivity index (χ3v) is 3.32. The molecule has 1 amide bonds. The predicted molar refractivity (Wildman–Crippen MR) is 109 cm³/mol. The molecule has 0 bridgehead atoms. The van der Waals surface area contributed by atoms with Crippen LogP contribution < -0.4 is 16.0 Å². The first-order valence-electron chi connectivity index (χ1n) is 8.39. The van der Waals surface area contributed by atoms with E-state index in [-0.39, 0.29) is 29.9 Å². The van der Waals surface area contributed by atoms with Crippen LogP contribution in [-0.4, -0.2) is 37.5 Å². The fourth-order valence-electron chi connectivity index (χ4n) is 2.04. The van der Waals surface area contributed by atoms with Crippen LogP contribution in [0.25, 0.3) is 0 Å².